The molecule has 1 aromatic carbocycles. The molecule has 0 saturated heterocycles. The van der Waals surface area contributed by atoms with Gasteiger partial charge in [0.2, 0.25) is 0 Å². The second kappa shape index (κ2) is 5.43. The molecule has 1 atom stereocenters. The third-order valence-electron chi connectivity index (χ3n) is 1.92. The summed E-state index contributed by atoms with van der Waals surface area (Å²) in [6, 6.07) is 5.20. The molecule has 0 heterocycles. The average molecular weight is 212 g/mol. The number of ether oxygens (including phenoxy) is 1. The molecule has 5 N–H and O–H groups in total. The Kier molecular flexibility index (Phi) is 4.20. The van der Waals surface area contributed by atoms with Gasteiger partial charge in [0.05, 0.1) is 19.8 Å². The van der Waals surface area contributed by atoms with Crippen molar-refractivity contribution in [3.63, 3.8) is 0 Å². The van der Waals surface area contributed by atoms with E-state index in [4.69, 9.17) is 20.7 Å². The molecular formula is C10H16N2O3. The van der Waals surface area contributed by atoms with Crippen LogP contribution in [0.25, 0.3) is 0 Å². The normalized spacial score (nSPS) is 12.2. The number of anilines is 2. The van der Waals surface area contributed by atoms with Crippen LogP contribution in [0.4, 0.5) is 11.4 Å². The molecule has 1 unspecified atom stereocenters. The van der Waals surface area contributed by atoms with E-state index < -0.39 is 6.10 Å². The lowest BCUT2D eigenvalue weighted by Crippen LogP contribution is -2.22. The van der Waals surface area contributed by atoms with Crippen molar-refractivity contribution in [1.82, 2.24) is 0 Å². The number of nitrogen functional groups attached to an aromatic ring is 1. The van der Waals surface area contributed by atoms with Crippen LogP contribution in [0.15, 0.2) is 18.2 Å². The summed E-state index contributed by atoms with van der Waals surface area (Å²) >= 11 is 0. The zero-order chi connectivity index (χ0) is 11.3. The van der Waals surface area contributed by atoms with Gasteiger partial charge in [-0.3, -0.25) is 0 Å². The second-order valence-corrected chi connectivity index (χ2v) is 3.21. The zero-order valence-corrected chi connectivity index (χ0v) is 8.60. The highest BCUT2D eigenvalue weighted by Crippen LogP contribution is 2.21. The lowest BCUT2D eigenvalue weighted by atomic mass is 10.2. The van der Waals surface area contributed by atoms with Crippen molar-refractivity contribution in [2.45, 2.75) is 6.10 Å². The van der Waals surface area contributed by atoms with Gasteiger partial charge >= 0.3 is 0 Å². The molecule has 0 aliphatic rings. The Balaban J connectivity index is 2.64. The number of aliphatic hydroxyl groups excluding tert-OH is 2. The van der Waals surface area contributed by atoms with Gasteiger partial charge in [-0.05, 0) is 6.07 Å². The summed E-state index contributed by atoms with van der Waals surface area (Å²) in [7, 11) is 1.56. The Labute approximate surface area is 88.5 Å². The van der Waals surface area contributed by atoms with E-state index in [1.807, 2.05) is 0 Å². The standard InChI is InChI=1S/C10H16N2O3/c1-15-10-3-7(11)2-8(4-10)12-5-9(14)6-13/h2-4,9,12-14H,5-6,11H2,1H3. The molecular weight excluding hydrogens is 196 g/mol. The van der Waals surface area contributed by atoms with E-state index in [2.05, 4.69) is 5.32 Å². The summed E-state index contributed by atoms with van der Waals surface area (Å²) < 4.78 is 5.04. The number of hydrogen-bond donors (Lipinski definition) is 4. The fraction of sp³-hybridized carbons (Fsp3) is 0.400. The molecule has 1 rings (SSSR count). The maximum atomic E-state index is 9.14. The summed E-state index contributed by atoms with van der Waals surface area (Å²) in [6.07, 6.45) is -0.780. The van der Waals surface area contributed by atoms with Gasteiger partial charge in [-0.2, -0.15) is 0 Å². The van der Waals surface area contributed by atoms with Gasteiger partial charge in [0, 0.05) is 30.1 Å². The van der Waals surface area contributed by atoms with E-state index in [-0.39, 0.29) is 13.2 Å². The minimum absolute atomic E-state index is 0.267. The summed E-state index contributed by atoms with van der Waals surface area (Å²) in [5, 5.41) is 20.7. The summed E-state index contributed by atoms with van der Waals surface area (Å²) in [5.41, 5.74) is 6.97. The van der Waals surface area contributed by atoms with Crippen LogP contribution in [0.2, 0.25) is 0 Å². The first kappa shape index (κ1) is 11.6. The first-order valence-corrected chi connectivity index (χ1v) is 4.63. The van der Waals surface area contributed by atoms with Crippen LogP contribution >= 0.6 is 0 Å². The molecule has 0 spiro atoms. The molecule has 0 aliphatic carbocycles. The van der Waals surface area contributed by atoms with Crippen LogP contribution in [-0.2, 0) is 0 Å². The molecule has 5 nitrogen and oxygen atoms in total. The third kappa shape index (κ3) is 3.65. The fourth-order valence-corrected chi connectivity index (χ4v) is 1.14. The fourth-order valence-electron chi connectivity index (χ4n) is 1.14. The molecule has 5 heteroatoms. The summed E-state index contributed by atoms with van der Waals surface area (Å²) in [6.45, 7) is -0.00441. The van der Waals surface area contributed by atoms with E-state index in [9.17, 15) is 0 Å². The van der Waals surface area contributed by atoms with E-state index in [0.717, 1.165) is 5.69 Å². The van der Waals surface area contributed by atoms with Gasteiger partial charge in [-0.1, -0.05) is 0 Å². The first-order valence-electron chi connectivity index (χ1n) is 4.63. The Morgan fingerprint density at radius 1 is 1.47 bits per heavy atom. The zero-order valence-electron chi connectivity index (χ0n) is 8.60. The second-order valence-electron chi connectivity index (χ2n) is 3.21. The maximum Gasteiger partial charge on any atom is 0.122 e. The quantitative estimate of drug-likeness (QED) is 0.518. The maximum absolute atomic E-state index is 9.14. The third-order valence-corrected chi connectivity index (χ3v) is 1.92. The van der Waals surface area contributed by atoms with Crippen molar-refractivity contribution >= 4 is 11.4 Å². The van der Waals surface area contributed by atoms with Gasteiger partial charge in [0.15, 0.2) is 0 Å². The number of rotatable bonds is 5. The molecule has 0 bridgehead atoms. The number of nitrogens with two attached hydrogens (primary N) is 1. The predicted octanol–water partition coefficient (Wildman–Crippen LogP) is 0.0425. The number of methoxy groups -OCH3 is 1. The van der Waals surface area contributed by atoms with E-state index >= 15 is 0 Å². The van der Waals surface area contributed by atoms with Crippen LogP contribution in [-0.4, -0.2) is 36.6 Å². The van der Waals surface area contributed by atoms with Gasteiger partial charge in [-0.25, -0.2) is 0 Å². The van der Waals surface area contributed by atoms with E-state index in [1.54, 1.807) is 25.3 Å². The largest absolute Gasteiger partial charge is 0.497 e. The lowest BCUT2D eigenvalue weighted by molar-refractivity contribution is 0.105. The van der Waals surface area contributed by atoms with Crippen LogP contribution in [0.1, 0.15) is 0 Å². The Morgan fingerprint density at radius 2 is 2.20 bits per heavy atom. The monoisotopic (exact) mass is 212 g/mol. The van der Waals surface area contributed by atoms with Crippen LogP contribution in [0, 0.1) is 0 Å². The molecule has 0 saturated carbocycles. The van der Waals surface area contributed by atoms with Gasteiger partial charge in [0.1, 0.15) is 5.75 Å². The Morgan fingerprint density at radius 3 is 2.80 bits per heavy atom. The van der Waals surface area contributed by atoms with E-state index in [1.165, 1.54) is 0 Å². The topological polar surface area (TPSA) is 87.7 Å². The number of nitrogens with one attached hydrogen (secondary N) is 1. The minimum atomic E-state index is -0.780. The van der Waals surface area contributed by atoms with Crippen LogP contribution in [0.3, 0.4) is 0 Å². The van der Waals surface area contributed by atoms with Gasteiger partial charge < -0.3 is 26.0 Å². The molecule has 0 fully saturated rings. The SMILES string of the molecule is COc1cc(N)cc(NCC(O)CO)c1. The predicted molar refractivity (Wildman–Crippen MR) is 59.0 cm³/mol. The average Bonchev–Trinajstić information content (AvgIpc) is 2.25. The smallest absolute Gasteiger partial charge is 0.122 e. The highest BCUT2D eigenvalue weighted by atomic mass is 16.5. The first-order chi connectivity index (χ1) is 7.15. The van der Waals surface area contributed by atoms with E-state index in [0.29, 0.717) is 11.4 Å². The van der Waals surface area contributed by atoms with Crippen LogP contribution < -0.4 is 15.8 Å². The Bertz CT molecular complexity index is 318. The minimum Gasteiger partial charge on any atom is -0.497 e. The number of benzene rings is 1. The highest BCUT2D eigenvalue weighted by Gasteiger charge is 2.03. The number of aliphatic hydroxyl groups is 2. The number of hydrogen-bond acceptors (Lipinski definition) is 5. The van der Waals surface area contributed by atoms with Crippen molar-refractivity contribution in [3.05, 3.63) is 18.2 Å². The molecule has 15 heavy (non-hydrogen) atoms. The molecule has 84 valence electrons. The van der Waals surface area contributed by atoms with Crippen molar-refractivity contribution in [3.8, 4) is 5.75 Å². The van der Waals surface area contributed by atoms with Crippen molar-refractivity contribution in [1.29, 1.82) is 0 Å². The van der Waals surface area contributed by atoms with Crippen molar-refractivity contribution < 1.29 is 14.9 Å². The molecule has 0 aromatic heterocycles. The highest BCUT2D eigenvalue weighted by molar-refractivity contribution is 5.59. The summed E-state index contributed by atoms with van der Waals surface area (Å²) in [5.74, 6) is 0.649. The lowest BCUT2D eigenvalue weighted by Gasteiger charge is -2.11. The Hall–Kier alpha value is -1.46. The molecule has 1 aromatic rings. The molecule has 0 aliphatic heterocycles. The molecule has 0 amide bonds. The summed E-state index contributed by atoms with van der Waals surface area (Å²) in [4.78, 5) is 0. The molecule has 0 radical (unpaired) electrons. The van der Waals surface area contributed by atoms with Crippen molar-refractivity contribution in [2.75, 3.05) is 31.3 Å². The van der Waals surface area contributed by atoms with Gasteiger partial charge in [-0.15, -0.1) is 0 Å². The van der Waals surface area contributed by atoms with Gasteiger partial charge in [0.25, 0.3) is 0 Å². The van der Waals surface area contributed by atoms with Crippen LogP contribution in [0.5, 0.6) is 5.75 Å². The van der Waals surface area contributed by atoms with Crippen molar-refractivity contribution in [2.24, 2.45) is 0 Å².